The Bertz CT molecular complexity index is 742. The molecular formula is C17H20ClF3IN5O. The maximum absolute atomic E-state index is 12.5. The minimum absolute atomic E-state index is 0. The molecule has 154 valence electrons. The van der Waals surface area contributed by atoms with Crippen molar-refractivity contribution in [3.8, 4) is 5.88 Å². The van der Waals surface area contributed by atoms with Gasteiger partial charge in [0, 0.05) is 32.1 Å². The highest BCUT2D eigenvalue weighted by atomic mass is 127. The average Bonchev–Trinajstić information content (AvgIpc) is 2.65. The van der Waals surface area contributed by atoms with Gasteiger partial charge in [0.2, 0.25) is 5.88 Å². The minimum Gasteiger partial charge on any atom is -0.476 e. The van der Waals surface area contributed by atoms with Crippen LogP contribution in [0.3, 0.4) is 0 Å². The van der Waals surface area contributed by atoms with Crippen LogP contribution in [0.5, 0.6) is 5.88 Å². The fraction of sp³-hybridized carbons (Fsp3) is 0.353. The van der Waals surface area contributed by atoms with E-state index in [-0.39, 0.29) is 36.5 Å². The highest BCUT2D eigenvalue weighted by Gasteiger charge is 2.30. The van der Waals surface area contributed by atoms with E-state index in [9.17, 15) is 13.2 Å². The van der Waals surface area contributed by atoms with Crippen molar-refractivity contribution in [2.45, 2.75) is 12.6 Å². The van der Waals surface area contributed by atoms with Gasteiger partial charge < -0.3 is 15.4 Å². The smallest absolute Gasteiger partial charge is 0.417 e. The van der Waals surface area contributed by atoms with Crippen LogP contribution in [0, 0.1) is 0 Å². The normalized spacial score (nSPS) is 11.5. The van der Waals surface area contributed by atoms with Gasteiger partial charge in [0.25, 0.3) is 0 Å². The zero-order valence-electron chi connectivity index (χ0n) is 15.0. The fourth-order valence-corrected chi connectivity index (χ4v) is 2.17. The van der Waals surface area contributed by atoms with Gasteiger partial charge in [-0.1, -0.05) is 17.7 Å². The van der Waals surface area contributed by atoms with Gasteiger partial charge >= 0.3 is 6.18 Å². The average molecular weight is 530 g/mol. The largest absolute Gasteiger partial charge is 0.476 e. The summed E-state index contributed by atoms with van der Waals surface area (Å²) in [6.45, 7) is 1.27. The molecule has 0 saturated carbocycles. The molecule has 0 amide bonds. The lowest BCUT2D eigenvalue weighted by atomic mass is 10.2. The predicted molar refractivity (Wildman–Crippen MR) is 112 cm³/mol. The molecule has 0 aromatic carbocycles. The number of aliphatic imine (C=N–C) groups is 1. The van der Waals surface area contributed by atoms with E-state index < -0.39 is 11.7 Å². The molecule has 0 aliphatic carbocycles. The molecule has 28 heavy (non-hydrogen) atoms. The number of rotatable bonds is 7. The van der Waals surface area contributed by atoms with Crippen LogP contribution in [0.1, 0.15) is 11.1 Å². The number of nitrogens with one attached hydrogen (secondary N) is 2. The molecule has 0 fully saturated rings. The Morgan fingerprint density at radius 1 is 1.11 bits per heavy atom. The summed E-state index contributed by atoms with van der Waals surface area (Å²) in [6.07, 6.45) is -1.20. The third-order valence-electron chi connectivity index (χ3n) is 3.43. The van der Waals surface area contributed by atoms with Gasteiger partial charge in [-0.2, -0.15) is 13.2 Å². The fourth-order valence-electron chi connectivity index (χ4n) is 2.06. The van der Waals surface area contributed by atoms with Crippen molar-refractivity contribution in [1.29, 1.82) is 0 Å². The highest BCUT2D eigenvalue weighted by Crippen LogP contribution is 2.29. The lowest BCUT2D eigenvalue weighted by Crippen LogP contribution is -2.40. The van der Waals surface area contributed by atoms with E-state index in [1.165, 1.54) is 6.07 Å². The number of halogens is 5. The monoisotopic (exact) mass is 529 g/mol. The third kappa shape index (κ3) is 8.46. The number of aromatic nitrogens is 2. The zero-order chi connectivity index (χ0) is 19.7. The van der Waals surface area contributed by atoms with Gasteiger partial charge in [0.05, 0.1) is 12.1 Å². The molecule has 2 aromatic rings. The second kappa shape index (κ2) is 11.9. The first-order valence-corrected chi connectivity index (χ1v) is 8.47. The molecular weight excluding hydrogens is 510 g/mol. The third-order valence-corrected chi connectivity index (χ3v) is 3.65. The van der Waals surface area contributed by atoms with Crippen molar-refractivity contribution in [2.75, 3.05) is 26.7 Å². The van der Waals surface area contributed by atoms with Gasteiger partial charge in [0.15, 0.2) is 5.96 Å². The maximum Gasteiger partial charge on any atom is 0.417 e. The summed E-state index contributed by atoms with van der Waals surface area (Å²) >= 11 is 5.74. The van der Waals surface area contributed by atoms with Crippen molar-refractivity contribution in [2.24, 2.45) is 4.99 Å². The van der Waals surface area contributed by atoms with Crippen LogP contribution in [-0.4, -0.2) is 42.7 Å². The van der Waals surface area contributed by atoms with Crippen LogP contribution in [0.4, 0.5) is 13.2 Å². The van der Waals surface area contributed by atoms with Crippen molar-refractivity contribution < 1.29 is 17.9 Å². The number of guanidine groups is 1. The Balaban J connectivity index is 0.00000392. The molecule has 2 N–H and O–H groups in total. The number of ether oxygens (including phenoxy) is 1. The second-order valence-corrected chi connectivity index (χ2v) is 5.78. The first kappa shape index (κ1) is 24.2. The SMILES string of the molecule is CN=C(NCCOc1ccc(C(F)(F)F)cn1)NCCc1ccc(Cl)nc1.I. The van der Waals surface area contributed by atoms with E-state index in [0.717, 1.165) is 24.2 Å². The molecule has 0 radical (unpaired) electrons. The molecule has 2 aromatic heterocycles. The van der Waals surface area contributed by atoms with E-state index in [2.05, 4.69) is 25.6 Å². The van der Waals surface area contributed by atoms with E-state index in [0.29, 0.717) is 24.2 Å². The van der Waals surface area contributed by atoms with Crippen molar-refractivity contribution in [3.63, 3.8) is 0 Å². The Morgan fingerprint density at radius 2 is 1.86 bits per heavy atom. The Morgan fingerprint density at radius 3 is 2.43 bits per heavy atom. The lowest BCUT2D eigenvalue weighted by molar-refractivity contribution is -0.137. The first-order chi connectivity index (χ1) is 12.9. The molecule has 11 heteroatoms. The summed E-state index contributed by atoms with van der Waals surface area (Å²) in [4.78, 5) is 11.7. The van der Waals surface area contributed by atoms with E-state index in [1.54, 1.807) is 19.3 Å². The van der Waals surface area contributed by atoms with Crippen LogP contribution in [0.15, 0.2) is 41.7 Å². The number of hydrogen-bond donors (Lipinski definition) is 2. The molecule has 0 saturated heterocycles. The van der Waals surface area contributed by atoms with Gasteiger partial charge in [0.1, 0.15) is 11.8 Å². The molecule has 0 aliphatic rings. The minimum atomic E-state index is -4.41. The summed E-state index contributed by atoms with van der Waals surface area (Å²) in [5, 5.41) is 6.63. The number of hydrogen-bond acceptors (Lipinski definition) is 4. The Kier molecular flexibility index (Phi) is 10.3. The standard InChI is InChI=1S/C17H19ClF3N5O.HI/c1-22-16(23-7-6-12-2-4-14(18)25-10-12)24-8-9-27-15-5-3-13(11-26-15)17(19,20)21;/h2-5,10-11H,6-9H2,1H3,(H2,22,23,24);1H. The van der Waals surface area contributed by atoms with Crippen LogP contribution in [-0.2, 0) is 12.6 Å². The Labute approximate surface area is 183 Å². The van der Waals surface area contributed by atoms with E-state index >= 15 is 0 Å². The van der Waals surface area contributed by atoms with E-state index in [1.807, 2.05) is 6.07 Å². The van der Waals surface area contributed by atoms with Crippen molar-refractivity contribution >= 4 is 41.5 Å². The molecule has 0 aliphatic heterocycles. The first-order valence-electron chi connectivity index (χ1n) is 8.09. The van der Waals surface area contributed by atoms with Crippen LogP contribution in [0.2, 0.25) is 5.15 Å². The summed E-state index contributed by atoms with van der Waals surface area (Å²) in [6, 6.07) is 5.76. The summed E-state index contributed by atoms with van der Waals surface area (Å²) in [5.74, 6) is 0.712. The number of pyridine rings is 2. The zero-order valence-corrected chi connectivity index (χ0v) is 18.0. The quantitative estimate of drug-likeness (QED) is 0.189. The van der Waals surface area contributed by atoms with Crippen molar-refractivity contribution in [3.05, 3.63) is 52.9 Å². The summed E-state index contributed by atoms with van der Waals surface area (Å²) in [7, 11) is 1.64. The topological polar surface area (TPSA) is 71.4 Å². The van der Waals surface area contributed by atoms with Crippen LogP contribution < -0.4 is 15.4 Å². The number of alkyl halides is 3. The highest BCUT2D eigenvalue weighted by molar-refractivity contribution is 14.0. The van der Waals surface area contributed by atoms with E-state index in [4.69, 9.17) is 16.3 Å². The molecule has 6 nitrogen and oxygen atoms in total. The summed E-state index contributed by atoms with van der Waals surface area (Å²) in [5.41, 5.74) is 0.229. The molecule has 0 bridgehead atoms. The summed E-state index contributed by atoms with van der Waals surface area (Å²) < 4.78 is 42.7. The Hall–Kier alpha value is -1.82. The van der Waals surface area contributed by atoms with Gasteiger partial charge in [-0.05, 0) is 24.1 Å². The van der Waals surface area contributed by atoms with Crippen LogP contribution >= 0.6 is 35.6 Å². The number of nitrogens with zero attached hydrogens (tertiary/aromatic N) is 3. The predicted octanol–water partition coefficient (Wildman–Crippen LogP) is 3.55. The lowest BCUT2D eigenvalue weighted by Gasteiger charge is -2.12. The van der Waals surface area contributed by atoms with Gasteiger partial charge in [-0.25, -0.2) is 9.97 Å². The van der Waals surface area contributed by atoms with Crippen LogP contribution in [0.25, 0.3) is 0 Å². The van der Waals surface area contributed by atoms with Gasteiger partial charge in [-0.15, -0.1) is 24.0 Å². The molecule has 0 unspecified atom stereocenters. The molecule has 0 atom stereocenters. The molecule has 2 rings (SSSR count). The molecule has 2 heterocycles. The molecule has 0 spiro atoms. The maximum atomic E-state index is 12.5. The van der Waals surface area contributed by atoms with Crippen molar-refractivity contribution in [1.82, 2.24) is 20.6 Å². The van der Waals surface area contributed by atoms with Gasteiger partial charge in [-0.3, -0.25) is 4.99 Å². The second-order valence-electron chi connectivity index (χ2n) is 5.40.